The first kappa shape index (κ1) is 12.1. The third kappa shape index (κ3) is 3.30. The molecular weight excluding hydrogens is 198 g/mol. The summed E-state index contributed by atoms with van der Waals surface area (Å²) in [5.74, 6) is 0. The number of hydrogen-bond acceptors (Lipinski definition) is 3. The van der Waals surface area contributed by atoms with Gasteiger partial charge in [0.25, 0.3) is 0 Å². The highest BCUT2D eigenvalue weighted by atomic mass is 15.2. The second-order valence-electron chi connectivity index (χ2n) is 5.01. The van der Waals surface area contributed by atoms with Crippen LogP contribution in [-0.2, 0) is 0 Å². The zero-order valence-electron chi connectivity index (χ0n) is 10.3. The van der Waals surface area contributed by atoms with Gasteiger partial charge in [-0.25, -0.2) is 0 Å². The molecule has 2 fully saturated rings. The molecule has 2 heterocycles. The lowest BCUT2D eigenvalue weighted by atomic mass is 10.1. The Hall–Kier alpha value is -0.380. The van der Waals surface area contributed by atoms with Crippen LogP contribution in [0.3, 0.4) is 0 Å². The van der Waals surface area contributed by atoms with Crippen LogP contribution in [0.15, 0.2) is 12.2 Å². The van der Waals surface area contributed by atoms with Gasteiger partial charge in [-0.1, -0.05) is 18.6 Å². The van der Waals surface area contributed by atoms with E-state index in [0.29, 0.717) is 6.54 Å². The lowest BCUT2D eigenvalue weighted by Gasteiger charge is -2.32. The van der Waals surface area contributed by atoms with E-state index in [-0.39, 0.29) is 0 Å². The van der Waals surface area contributed by atoms with Gasteiger partial charge in [0.15, 0.2) is 0 Å². The van der Waals surface area contributed by atoms with Gasteiger partial charge in [-0.15, -0.1) is 0 Å². The first-order valence-electron chi connectivity index (χ1n) is 6.71. The average Bonchev–Trinajstić information content (AvgIpc) is 2.79. The molecule has 1 atom stereocenters. The minimum Gasteiger partial charge on any atom is -0.327 e. The molecule has 2 rings (SSSR count). The maximum Gasteiger partial charge on any atom is 0.0235 e. The van der Waals surface area contributed by atoms with Gasteiger partial charge in [0.2, 0.25) is 0 Å². The van der Waals surface area contributed by atoms with E-state index >= 15 is 0 Å². The van der Waals surface area contributed by atoms with Gasteiger partial charge in [0.1, 0.15) is 0 Å². The van der Waals surface area contributed by atoms with Crippen LogP contribution in [0.4, 0.5) is 0 Å². The number of likely N-dealkylation sites (tertiary alicyclic amines) is 2. The maximum absolute atomic E-state index is 5.44. The molecule has 16 heavy (non-hydrogen) atoms. The van der Waals surface area contributed by atoms with Crippen molar-refractivity contribution < 1.29 is 0 Å². The SMILES string of the molecule is NCC=CCN1CCC(N2CCCCC2)C1. The molecule has 0 aromatic carbocycles. The van der Waals surface area contributed by atoms with Crippen LogP contribution in [0, 0.1) is 0 Å². The summed E-state index contributed by atoms with van der Waals surface area (Å²) in [5, 5.41) is 0. The van der Waals surface area contributed by atoms with E-state index in [9.17, 15) is 0 Å². The average molecular weight is 223 g/mol. The highest BCUT2D eigenvalue weighted by molar-refractivity contribution is 4.91. The molecule has 92 valence electrons. The summed E-state index contributed by atoms with van der Waals surface area (Å²) >= 11 is 0. The molecule has 0 aromatic rings. The summed E-state index contributed by atoms with van der Waals surface area (Å²) in [6, 6.07) is 0.826. The Bertz CT molecular complexity index is 221. The van der Waals surface area contributed by atoms with Gasteiger partial charge in [0, 0.05) is 32.2 Å². The van der Waals surface area contributed by atoms with Crippen molar-refractivity contribution in [2.75, 3.05) is 39.3 Å². The first-order valence-corrected chi connectivity index (χ1v) is 6.71. The smallest absolute Gasteiger partial charge is 0.0235 e. The van der Waals surface area contributed by atoms with Crippen LogP contribution in [0.5, 0.6) is 0 Å². The number of rotatable bonds is 4. The quantitative estimate of drug-likeness (QED) is 0.723. The predicted octanol–water partition coefficient (Wildman–Crippen LogP) is 1.06. The zero-order chi connectivity index (χ0) is 11.2. The Morgan fingerprint density at radius 2 is 1.88 bits per heavy atom. The summed E-state index contributed by atoms with van der Waals surface area (Å²) in [6.45, 7) is 6.93. The van der Waals surface area contributed by atoms with Gasteiger partial charge in [-0.2, -0.15) is 0 Å². The molecule has 0 aliphatic carbocycles. The lowest BCUT2D eigenvalue weighted by Crippen LogP contribution is -2.40. The third-order valence-corrected chi connectivity index (χ3v) is 3.82. The Morgan fingerprint density at radius 1 is 1.06 bits per heavy atom. The monoisotopic (exact) mass is 223 g/mol. The fourth-order valence-corrected chi connectivity index (χ4v) is 2.88. The lowest BCUT2D eigenvalue weighted by molar-refractivity contribution is 0.164. The topological polar surface area (TPSA) is 32.5 Å². The Kier molecular flexibility index (Phi) is 4.82. The molecular formula is C13H25N3. The van der Waals surface area contributed by atoms with Crippen molar-refractivity contribution in [1.29, 1.82) is 0 Å². The Labute approximate surface area is 99.3 Å². The summed E-state index contributed by atoms with van der Waals surface area (Å²) in [7, 11) is 0. The summed E-state index contributed by atoms with van der Waals surface area (Å²) in [4.78, 5) is 5.25. The molecule has 1 unspecified atom stereocenters. The second-order valence-corrected chi connectivity index (χ2v) is 5.01. The van der Waals surface area contributed by atoms with E-state index in [4.69, 9.17) is 5.73 Å². The van der Waals surface area contributed by atoms with Gasteiger partial charge < -0.3 is 5.73 Å². The van der Waals surface area contributed by atoms with Gasteiger partial charge in [-0.3, -0.25) is 9.80 Å². The van der Waals surface area contributed by atoms with Crippen LogP contribution in [0.25, 0.3) is 0 Å². The number of hydrogen-bond donors (Lipinski definition) is 1. The molecule has 2 aliphatic rings. The highest BCUT2D eigenvalue weighted by Gasteiger charge is 2.27. The van der Waals surface area contributed by atoms with Gasteiger partial charge in [0.05, 0.1) is 0 Å². The standard InChI is InChI=1S/C13H25N3/c14-7-2-5-8-15-11-6-13(12-15)16-9-3-1-4-10-16/h2,5,13H,1,3-4,6-12,14H2. The van der Waals surface area contributed by atoms with E-state index in [1.165, 1.54) is 51.9 Å². The molecule has 2 N–H and O–H groups in total. The van der Waals surface area contributed by atoms with E-state index in [1.54, 1.807) is 0 Å². The normalized spacial score (nSPS) is 29.2. The fourth-order valence-electron chi connectivity index (χ4n) is 2.88. The summed E-state index contributed by atoms with van der Waals surface area (Å²) in [5.41, 5.74) is 5.44. The number of piperidine rings is 1. The molecule has 0 aromatic heterocycles. The zero-order valence-corrected chi connectivity index (χ0v) is 10.3. The van der Waals surface area contributed by atoms with E-state index < -0.39 is 0 Å². The molecule has 0 radical (unpaired) electrons. The molecule has 0 saturated carbocycles. The second kappa shape index (κ2) is 6.38. The third-order valence-electron chi connectivity index (χ3n) is 3.82. The molecule has 0 spiro atoms. The summed E-state index contributed by atoms with van der Waals surface area (Å²) in [6.07, 6.45) is 9.88. The van der Waals surface area contributed by atoms with E-state index in [1.807, 2.05) is 0 Å². The number of nitrogens with zero attached hydrogens (tertiary/aromatic N) is 2. The minimum atomic E-state index is 0.670. The van der Waals surface area contributed by atoms with E-state index in [0.717, 1.165) is 12.6 Å². The molecule has 0 bridgehead atoms. The van der Waals surface area contributed by atoms with Crippen LogP contribution in [0.2, 0.25) is 0 Å². The largest absolute Gasteiger partial charge is 0.327 e. The minimum absolute atomic E-state index is 0.670. The van der Waals surface area contributed by atoms with Gasteiger partial charge >= 0.3 is 0 Å². The van der Waals surface area contributed by atoms with Crippen molar-refractivity contribution in [2.24, 2.45) is 5.73 Å². The van der Waals surface area contributed by atoms with Gasteiger partial charge in [-0.05, 0) is 32.4 Å². The van der Waals surface area contributed by atoms with Crippen LogP contribution in [-0.4, -0.2) is 55.1 Å². The van der Waals surface area contributed by atoms with Crippen LogP contribution >= 0.6 is 0 Å². The number of nitrogens with two attached hydrogens (primary N) is 1. The van der Waals surface area contributed by atoms with Crippen molar-refractivity contribution in [2.45, 2.75) is 31.7 Å². The molecule has 3 heteroatoms. The maximum atomic E-state index is 5.44. The Balaban J connectivity index is 1.72. The van der Waals surface area contributed by atoms with Crippen molar-refractivity contribution in [3.8, 4) is 0 Å². The highest BCUT2D eigenvalue weighted by Crippen LogP contribution is 2.19. The first-order chi connectivity index (χ1) is 7.90. The van der Waals surface area contributed by atoms with Crippen molar-refractivity contribution in [3.63, 3.8) is 0 Å². The molecule has 2 aliphatic heterocycles. The molecule has 0 amide bonds. The summed E-state index contributed by atoms with van der Waals surface area (Å²) < 4.78 is 0. The van der Waals surface area contributed by atoms with Crippen LogP contribution < -0.4 is 5.73 Å². The molecule has 2 saturated heterocycles. The van der Waals surface area contributed by atoms with E-state index in [2.05, 4.69) is 22.0 Å². The Morgan fingerprint density at radius 3 is 2.62 bits per heavy atom. The predicted molar refractivity (Wildman–Crippen MR) is 68.5 cm³/mol. The van der Waals surface area contributed by atoms with Crippen molar-refractivity contribution >= 4 is 0 Å². The fraction of sp³-hybridized carbons (Fsp3) is 0.846. The van der Waals surface area contributed by atoms with Crippen LogP contribution in [0.1, 0.15) is 25.7 Å². The van der Waals surface area contributed by atoms with Crippen molar-refractivity contribution in [3.05, 3.63) is 12.2 Å². The van der Waals surface area contributed by atoms with Crippen molar-refractivity contribution in [1.82, 2.24) is 9.80 Å². The molecule has 3 nitrogen and oxygen atoms in total.